The Hall–Kier alpha value is -1.35. The molecule has 94 valence electrons. The number of rotatable bonds is 6. The highest BCUT2D eigenvalue weighted by Gasteiger charge is 2.24. The molecular weight excluding hydrogens is 214 g/mol. The van der Waals surface area contributed by atoms with Crippen molar-refractivity contribution >= 4 is 11.5 Å². The largest absolute Gasteiger partial charge is 0.394 e. The van der Waals surface area contributed by atoms with Crippen molar-refractivity contribution in [3.8, 4) is 0 Å². The van der Waals surface area contributed by atoms with Gasteiger partial charge in [-0.25, -0.2) is 0 Å². The summed E-state index contributed by atoms with van der Waals surface area (Å²) in [6, 6.07) is 7.37. The molecule has 0 fully saturated rings. The maximum atomic E-state index is 11.2. The average molecular weight is 235 g/mol. The first-order chi connectivity index (χ1) is 8.06. The number of anilines is 1. The van der Waals surface area contributed by atoms with Crippen molar-refractivity contribution in [1.82, 2.24) is 0 Å². The number of aliphatic hydroxyl groups is 1. The number of hydrogen-bond acceptors (Lipinski definition) is 3. The minimum atomic E-state index is -0.266. The molecule has 1 aromatic rings. The van der Waals surface area contributed by atoms with E-state index in [1.54, 1.807) is 19.1 Å². The molecule has 3 heteroatoms. The Balaban J connectivity index is 2.84. The first-order valence-corrected chi connectivity index (χ1v) is 6.07. The Morgan fingerprint density at radius 1 is 1.24 bits per heavy atom. The summed E-state index contributed by atoms with van der Waals surface area (Å²) < 4.78 is 0. The molecular formula is C14H21NO2. The number of hydrogen-bond donors (Lipinski definition) is 2. The highest BCUT2D eigenvalue weighted by Crippen LogP contribution is 2.22. The summed E-state index contributed by atoms with van der Waals surface area (Å²) >= 11 is 0. The fraction of sp³-hybridized carbons (Fsp3) is 0.500. The van der Waals surface area contributed by atoms with Crippen LogP contribution < -0.4 is 5.32 Å². The molecule has 1 aromatic carbocycles. The van der Waals surface area contributed by atoms with E-state index in [1.807, 2.05) is 12.1 Å². The van der Waals surface area contributed by atoms with Crippen molar-refractivity contribution in [2.75, 3.05) is 11.9 Å². The van der Waals surface area contributed by atoms with E-state index in [0.29, 0.717) is 5.56 Å². The quantitative estimate of drug-likeness (QED) is 0.745. The SMILES string of the molecule is CCC(CC)(CO)Nc1ccc(C(C)=O)cc1. The van der Waals surface area contributed by atoms with Crippen LogP contribution in [0.2, 0.25) is 0 Å². The summed E-state index contributed by atoms with van der Waals surface area (Å²) in [6.45, 7) is 5.76. The van der Waals surface area contributed by atoms with Gasteiger partial charge in [-0.3, -0.25) is 4.79 Å². The van der Waals surface area contributed by atoms with Gasteiger partial charge in [0.05, 0.1) is 12.1 Å². The first-order valence-electron chi connectivity index (χ1n) is 6.07. The molecule has 0 aliphatic rings. The Bertz CT molecular complexity index is 358. The molecule has 17 heavy (non-hydrogen) atoms. The third-order valence-electron chi connectivity index (χ3n) is 3.36. The zero-order valence-electron chi connectivity index (χ0n) is 10.8. The monoisotopic (exact) mass is 235 g/mol. The summed E-state index contributed by atoms with van der Waals surface area (Å²) in [6.07, 6.45) is 1.71. The molecule has 0 aromatic heterocycles. The van der Waals surface area contributed by atoms with E-state index >= 15 is 0 Å². The van der Waals surface area contributed by atoms with Crippen LogP contribution in [-0.2, 0) is 0 Å². The first kappa shape index (κ1) is 13.7. The molecule has 0 bridgehead atoms. The molecule has 0 saturated heterocycles. The smallest absolute Gasteiger partial charge is 0.159 e. The molecule has 0 radical (unpaired) electrons. The molecule has 0 saturated carbocycles. The van der Waals surface area contributed by atoms with E-state index in [4.69, 9.17) is 0 Å². The molecule has 0 unspecified atom stereocenters. The summed E-state index contributed by atoms with van der Waals surface area (Å²) in [7, 11) is 0. The molecule has 2 N–H and O–H groups in total. The van der Waals surface area contributed by atoms with Gasteiger partial charge in [0.2, 0.25) is 0 Å². The number of ketones is 1. The molecule has 0 spiro atoms. The van der Waals surface area contributed by atoms with E-state index < -0.39 is 0 Å². The normalized spacial score (nSPS) is 11.3. The van der Waals surface area contributed by atoms with E-state index in [2.05, 4.69) is 19.2 Å². The predicted octanol–water partition coefficient (Wildman–Crippen LogP) is 2.85. The second kappa shape index (κ2) is 5.82. The van der Waals surface area contributed by atoms with E-state index in [1.165, 1.54) is 0 Å². The lowest BCUT2D eigenvalue weighted by Crippen LogP contribution is -2.40. The van der Waals surface area contributed by atoms with Gasteiger partial charge in [-0.15, -0.1) is 0 Å². The molecule has 0 atom stereocenters. The molecule has 0 amide bonds. The van der Waals surface area contributed by atoms with Crippen molar-refractivity contribution in [1.29, 1.82) is 0 Å². The standard InChI is InChI=1S/C14H21NO2/c1-4-14(5-2,10-16)15-13-8-6-12(7-9-13)11(3)17/h6-9,15-16H,4-5,10H2,1-3H3. The number of aliphatic hydroxyl groups excluding tert-OH is 1. The average Bonchev–Trinajstić information content (AvgIpc) is 2.37. The number of carbonyl (C=O) groups excluding carboxylic acids is 1. The summed E-state index contributed by atoms with van der Waals surface area (Å²) in [5, 5.41) is 12.8. The van der Waals surface area contributed by atoms with Gasteiger partial charge >= 0.3 is 0 Å². The summed E-state index contributed by atoms with van der Waals surface area (Å²) in [5.41, 5.74) is 1.38. The Morgan fingerprint density at radius 2 is 1.76 bits per heavy atom. The van der Waals surface area contributed by atoms with Crippen LogP contribution in [0.15, 0.2) is 24.3 Å². The van der Waals surface area contributed by atoms with Crippen LogP contribution in [0.3, 0.4) is 0 Å². The fourth-order valence-electron chi connectivity index (χ4n) is 1.78. The maximum absolute atomic E-state index is 11.2. The van der Waals surface area contributed by atoms with Crippen LogP contribution in [0.4, 0.5) is 5.69 Å². The minimum absolute atomic E-state index is 0.0657. The van der Waals surface area contributed by atoms with Crippen LogP contribution in [-0.4, -0.2) is 23.0 Å². The zero-order chi connectivity index (χ0) is 12.9. The van der Waals surface area contributed by atoms with E-state index in [9.17, 15) is 9.90 Å². The topological polar surface area (TPSA) is 49.3 Å². The fourth-order valence-corrected chi connectivity index (χ4v) is 1.78. The second-order valence-corrected chi connectivity index (χ2v) is 4.40. The number of nitrogens with one attached hydrogen (secondary N) is 1. The maximum Gasteiger partial charge on any atom is 0.159 e. The van der Waals surface area contributed by atoms with Gasteiger partial charge < -0.3 is 10.4 Å². The van der Waals surface area contributed by atoms with Gasteiger partial charge in [-0.05, 0) is 44.0 Å². The third kappa shape index (κ3) is 3.30. The van der Waals surface area contributed by atoms with Crippen molar-refractivity contribution in [3.05, 3.63) is 29.8 Å². The zero-order valence-corrected chi connectivity index (χ0v) is 10.8. The molecule has 0 aliphatic carbocycles. The summed E-state index contributed by atoms with van der Waals surface area (Å²) in [4.78, 5) is 11.2. The Morgan fingerprint density at radius 3 is 2.12 bits per heavy atom. The lowest BCUT2D eigenvalue weighted by molar-refractivity contribution is 0.101. The van der Waals surface area contributed by atoms with Crippen LogP contribution >= 0.6 is 0 Å². The number of benzene rings is 1. The van der Waals surface area contributed by atoms with Crippen LogP contribution in [0.25, 0.3) is 0 Å². The molecule has 0 heterocycles. The van der Waals surface area contributed by atoms with Gasteiger partial charge in [-0.1, -0.05) is 13.8 Å². The molecule has 0 aliphatic heterocycles. The second-order valence-electron chi connectivity index (χ2n) is 4.40. The third-order valence-corrected chi connectivity index (χ3v) is 3.36. The van der Waals surface area contributed by atoms with Crippen molar-refractivity contribution in [3.63, 3.8) is 0 Å². The Labute approximate surface area is 103 Å². The van der Waals surface area contributed by atoms with Gasteiger partial charge in [0.25, 0.3) is 0 Å². The number of carbonyl (C=O) groups is 1. The van der Waals surface area contributed by atoms with Crippen molar-refractivity contribution in [2.24, 2.45) is 0 Å². The summed E-state index contributed by atoms with van der Waals surface area (Å²) in [5.74, 6) is 0.0657. The highest BCUT2D eigenvalue weighted by molar-refractivity contribution is 5.94. The highest BCUT2D eigenvalue weighted by atomic mass is 16.3. The molecule has 1 rings (SSSR count). The van der Waals surface area contributed by atoms with Crippen LogP contribution in [0, 0.1) is 0 Å². The van der Waals surface area contributed by atoms with Crippen molar-refractivity contribution in [2.45, 2.75) is 39.2 Å². The Kier molecular flexibility index (Phi) is 4.70. The van der Waals surface area contributed by atoms with Gasteiger partial charge in [0.15, 0.2) is 5.78 Å². The van der Waals surface area contributed by atoms with E-state index in [0.717, 1.165) is 18.5 Å². The van der Waals surface area contributed by atoms with Gasteiger partial charge in [0, 0.05) is 11.3 Å². The lowest BCUT2D eigenvalue weighted by atomic mass is 9.93. The molecule has 3 nitrogen and oxygen atoms in total. The lowest BCUT2D eigenvalue weighted by Gasteiger charge is -2.32. The van der Waals surface area contributed by atoms with Gasteiger partial charge in [0.1, 0.15) is 0 Å². The minimum Gasteiger partial charge on any atom is -0.394 e. The van der Waals surface area contributed by atoms with Crippen LogP contribution in [0.5, 0.6) is 0 Å². The van der Waals surface area contributed by atoms with Crippen molar-refractivity contribution < 1.29 is 9.90 Å². The van der Waals surface area contributed by atoms with E-state index in [-0.39, 0.29) is 17.9 Å². The van der Waals surface area contributed by atoms with Crippen LogP contribution in [0.1, 0.15) is 44.0 Å². The predicted molar refractivity (Wildman–Crippen MR) is 70.5 cm³/mol. The van der Waals surface area contributed by atoms with Gasteiger partial charge in [-0.2, -0.15) is 0 Å². The number of Topliss-reactive ketones (excluding diaryl/α,β-unsaturated/α-hetero) is 1.